The molecule has 2 N–H and O–H groups in total. The van der Waals surface area contributed by atoms with Gasteiger partial charge < -0.3 is 10.4 Å². The summed E-state index contributed by atoms with van der Waals surface area (Å²) >= 11 is 7.25. The number of halogens is 4. The van der Waals surface area contributed by atoms with Gasteiger partial charge in [-0.15, -0.1) is 11.8 Å². The SMILES string of the molecule is CCS(=O)c1ccc(NC(=O)C(C)(O)C(F)(F)F)c(Cl)c1SC. The van der Waals surface area contributed by atoms with Gasteiger partial charge in [0, 0.05) is 10.6 Å². The summed E-state index contributed by atoms with van der Waals surface area (Å²) in [6, 6.07) is 2.69. The molecule has 0 aliphatic heterocycles. The highest BCUT2D eigenvalue weighted by molar-refractivity contribution is 7.99. The van der Waals surface area contributed by atoms with Gasteiger partial charge in [0.2, 0.25) is 5.60 Å². The summed E-state index contributed by atoms with van der Waals surface area (Å²) in [4.78, 5) is 12.5. The van der Waals surface area contributed by atoms with E-state index in [1.165, 1.54) is 12.1 Å². The summed E-state index contributed by atoms with van der Waals surface area (Å²) in [7, 11) is -1.31. The van der Waals surface area contributed by atoms with Crippen LogP contribution in [-0.4, -0.2) is 39.0 Å². The zero-order valence-electron chi connectivity index (χ0n) is 12.5. The van der Waals surface area contributed by atoms with Gasteiger partial charge in [0.05, 0.1) is 26.4 Å². The summed E-state index contributed by atoms with van der Waals surface area (Å²) in [5, 5.41) is 11.3. The Bertz CT molecular complexity index is 636. The maximum Gasteiger partial charge on any atom is 0.426 e. The van der Waals surface area contributed by atoms with Gasteiger partial charge >= 0.3 is 6.18 Å². The number of hydrogen-bond acceptors (Lipinski definition) is 4. The first-order chi connectivity index (χ1) is 10.5. The molecule has 0 spiro atoms. The second kappa shape index (κ2) is 7.42. The van der Waals surface area contributed by atoms with Crippen molar-refractivity contribution in [3.05, 3.63) is 17.2 Å². The zero-order valence-corrected chi connectivity index (χ0v) is 14.8. The molecule has 0 aliphatic carbocycles. The fourth-order valence-corrected chi connectivity index (χ4v) is 3.96. The number of carbonyl (C=O) groups excluding carboxylic acids is 1. The summed E-state index contributed by atoms with van der Waals surface area (Å²) in [6.45, 7) is 2.07. The third kappa shape index (κ3) is 4.20. The van der Waals surface area contributed by atoms with Crippen molar-refractivity contribution in [3.8, 4) is 0 Å². The lowest BCUT2D eigenvalue weighted by Gasteiger charge is -2.25. The molecule has 0 saturated carbocycles. The molecule has 0 heterocycles. The molecule has 1 rings (SSSR count). The van der Waals surface area contributed by atoms with Gasteiger partial charge in [-0.3, -0.25) is 9.00 Å². The van der Waals surface area contributed by atoms with E-state index < -0.39 is 28.5 Å². The number of hydrogen-bond donors (Lipinski definition) is 2. The average Bonchev–Trinajstić information content (AvgIpc) is 2.46. The molecule has 130 valence electrons. The molecular weight excluding hydrogens is 375 g/mol. The van der Waals surface area contributed by atoms with Crippen LogP contribution in [-0.2, 0) is 15.6 Å². The summed E-state index contributed by atoms with van der Waals surface area (Å²) in [5.74, 6) is -1.30. The number of thioether (sulfide) groups is 1. The van der Waals surface area contributed by atoms with Crippen molar-refractivity contribution in [1.29, 1.82) is 0 Å². The van der Waals surface area contributed by atoms with E-state index in [2.05, 4.69) is 0 Å². The van der Waals surface area contributed by atoms with Gasteiger partial charge in [-0.2, -0.15) is 13.2 Å². The van der Waals surface area contributed by atoms with E-state index in [0.717, 1.165) is 11.8 Å². The number of anilines is 1. The zero-order chi connectivity index (χ0) is 18.0. The number of alkyl halides is 3. The fraction of sp³-hybridized carbons (Fsp3) is 0.462. The van der Waals surface area contributed by atoms with Crippen LogP contribution in [0.2, 0.25) is 5.02 Å². The smallest absolute Gasteiger partial charge is 0.373 e. The first-order valence-corrected chi connectivity index (χ1v) is 9.24. The quantitative estimate of drug-likeness (QED) is 0.757. The lowest BCUT2D eigenvalue weighted by molar-refractivity contribution is -0.242. The lowest BCUT2D eigenvalue weighted by atomic mass is 10.1. The average molecular weight is 390 g/mol. The van der Waals surface area contributed by atoms with Crippen LogP contribution in [0.3, 0.4) is 0 Å². The van der Waals surface area contributed by atoms with Crippen molar-refractivity contribution in [2.45, 2.75) is 35.4 Å². The van der Waals surface area contributed by atoms with Crippen LogP contribution < -0.4 is 5.32 Å². The minimum atomic E-state index is -5.13. The molecule has 0 bridgehead atoms. The number of benzene rings is 1. The van der Waals surface area contributed by atoms with Gasteiger partial charge in [-0.1, -0.05) is 18.5 Å². The third-order valence-electron chi connectivity index (χ3n) is 3.01. The Morgan fingerprint density at radius 2 is 2.00 bits per heavy atom. The molecule has 1 aromatic carbocycles. The van der Waals surface area contributed by atoms with Crippen molar-refractivity contribution >= 4 is 45.8 Å². The van der Waals surface area contributed by atoms with Crippen LogP contribution in [0.25, 0.3) is 0 Å². The molecule has 0 radical (unpaired) electrons. The van der Waals surface area contributed by atoms with Crippen LogP contribution in [0.4, 0.5) is 18.9 Å². The molecule has 0 aromatic heterocycles. The Morgan fingerprint density at radius 3 is 2.43 bits per heavy atom. The van der Waals surface area contributed by atoms with Crippen LogP contribution in [0.15, 0.2) is 21.9 Å². The minimum Gasteiger partial charge on any atom is -0.373 e. The first-order valence-electron chi connectivity index (χ1n) is 6.32. The summed E-state index contributed by atoms with van der Waals surface area (Å²) < 4.78 is 49.9. The predicted molar refractivity (Wildman–Crippen MR) is 85.5 cm³/mol. The van der Waals surface area contributed by atoms with Crippen molar-refractivity contribution in [2.75, 3.05) is 17.3 Å². The van der Waals surface area contributed by atoms with Gasteiger partial charge in [-0.25, -0.2) is 0 Å². The number of nitrogens with one attached hydrogen (secondary N) is 1. The monoisotopic (exact) mass is 389 g/mol. The third-order valence-corrected chi connectivity index (χ3v) is 5.84. The number of carbonyl (C=O) groups is 1. The van der Waals surface area contributed by atoms with Gasteiger partial charge in [0.25, 0.3) is 5.91 Å². The molecule has 0 fully saturated rings. The highest BCUT2D eigenvalue weighted by Gasteiger charge is 2.55. The summed E-state index contributed by atoms with van der Waals surface area (Å²) in [6.07, 6.45) is -3.47. The Kier molecular flexibility index (Phi) is 6.54. The Morgan fingerprint density at radius 1 is 1.43 bits per heavy atom. The second-order valence-corrected chi connectivity index (χ2v) is 7.52. The maximum absolute atomic E-state index is 12.7. The largest absolute Gasteiger partial charge is 0.426 e. The van der Waals surface area contributed by atoms with Crippen molar-refractivity contribution < 1.29 is 27.3 Å². The van der Waals surface area contributed by atoms with Crippen LogP contribution in [0.1, 0.15) is 13.8 Å². The lowest BCUT2D eigenvalue weighted by Crippen LogP contribution is -2.52. The van der Waals surface area contributed by atoms with Crippen LogP contribution in [0.5, 0.6) is 0 Å². The van der Waals surface area contributed by atoms with E-state index >= 15 is 0 Å². The maximum atomic E-state index is 12.7. The number of rotatable bonds is 5. The van der Waals surface area contributed by atoms with Crippen molar-refractivity contribution in [1.82, 2.24) is 0 Å². The van der Waals surface area contributed by atoms with E-state index in [1.54, 1.807) is 13.2 Å². The van der Waals surface area contributed by atoms with E-state index in [1.807, 2.05) is 5.32 Å². The van der Waals surface area contributed by atoms with E-state index in [4.69, 9.17) is 11.6 Å². The minimum absolute atomic E-state index is 0.0249. The highest BCUT2D eigenvalue weighted by atomic mass is 35.5. The van der Waals surface area contributed by atoms with E-state index in [0.29, 0.717) is 22.5 Å². The Hall–Kier alpha value is -0.770. The predicted octanol–water partition coefficient (Wildman–Crippen LogP) is 3.44. The topological polar surface area (TPSA) is 66.4 Å². The Balaban J connectivity index is 3.22. The molecule has 10 heteroatoms. The number of amides is 1. The van der Waals surface area contributed by atoms with Gasteiger partial charge in [0.1, 0.15) is 0 Å². The molecule has 4 nitrogen and oxygen atoms in total. The Labute approximate surface area is 143 Å². The molecule has 23 heavy (non-hydrogen) atoms. The first kappa shape index (κ1) is 20.3. The molecule has 1 aromatic rings. The van der Waals surface area contributed by atoms with Crippen molar-refractivity contribution in [2.24, 2.45) is 0 Å². The molecule has 0 saturated heterocycles. The summed E-state index contributed by atoms with van der Waals surface area (Å²) in [5.41, 5.74) is -3.65. The molecule has 2 unspecified atom stereocenters. The van der Waals surface area contributed by atoms with Gasteiger partial charge in [0.15, 0.2) is 0 Å². The second-order valence-electron chi connectivity index (χ2n) is 4.62. The van der Waals surface area contributed by atoms with Crippen LogP contribution >= 0.6 is 23.4 Å². The molecule has 0 aliphatic rings. The standard InChI is InChI=1S/C13H15ClF3NO3S2/c1-4-23(21)8-6-5-7(9(14)10(8)22-3)18-11(19)12(2,20)13(15,16)17/h5-6,20H,4H2,1-3H3,(H,18,19). The van der Waals surface area contributed by atoms with E-state index in [9.17, 15) is 27.3 Å². The van der Waals surface area contributed by atoms with Crippen LogP contribution in [0, 0.1) is 0 Å². The van der Waals surface area contributed by atoms with Crippen molar-refractivity contribution in [3.63, 3.8) is 0 Å². The normalized spacial score (nSPS) is 15.8. The highest BCUT2D eigenvalue weighted by Crippen LogP contribution is 2.38. The molecular formula is C13H15ClF3NO3S2. The van der Waals surface area contributed by atoms with Gasteiger partial charge in [-0.05, 0) is 25.3 Å². The molecule has 1 amide bonds. The number of aliphatic hydroxyl groups is 1. The van der Waals surface area contributed by atoms with E-state index in [-0.39, 0.29) is 10.7 Å². The molecule has 2 atom stereocenters. The fourth-order valence-electron chi connectivity index (χ4n) is 1.53.